The first-order valence-corrected chi connectivity index (χ1v) is 5.50. The van der Waals surface area contributed by atoms with Gasteiger partial charge in [0.05, 0.1) is 0 Å². The molecule has 0 amide bonds. The number of aryl methyl sites for hydroxylation is 1. The maximum Gasteiger partial charge on any atom is 0.222 e. The summed E-state index contributed by atoms with van der Waals surface area (Å²) in [5.74, 6) is 0.596. The number of pyridine rings is 1. The van der Waals surface area contributed by atoms with Crippen LogP contribution in [0, 0.1) is 12.7 Å². The molecule has 1 heterocycles. The second kappa shape index (κ2) is 4.61. The van der Waals surface area contributed by atoms with E-state index >= 15 is 0 Å². The third-order valence-electron chi connectivity index (χ3n) is 2.01. The van der Waals surface area contributed by atoms with Gasteiger partial charge in [-0.15, -0.1) is 0 Å². The fraction of sp³-hybridized carbons (Fsp3) is 0.0833. The van der Waals surface area contributed by atoms with E-state index in [0.717, 1.165) is 10.0 Å². The summed E-state index contributed by atoms with van der Waals surface area (Å²) in [6, 6.07) is 7.87. The second-order valence-corrected chi connectivity index (χ2v) is 4.25. The number of aromatic nitrogens is 1. The molecule has 0 saturated carbocycles. The van der Waals surface area contributed by atoms with Crippen molar-refractivity contribution in [2.45, 2.75) is 6.92 Å². The summed E-state index contributed by atoms with van der Waals surface area (Å²) in [5.41, 5.74) is 0.888. The highest BCUT2D eigenvalue weighted by Crippen LogP contribution is 2.24. The first-order chi connectivity index (χ1) is 7.65. The summed E-state index contributed by atoms with van der Waals surface area (Å²) < 4.78 is 19.3. The lowest BCUT2D eigenvalue weighted by molar-refractivity contribution is 0.454. The largest absolute Gasteiger partial charge is 0.439 e. The molecule has 0 fully saturated rings. The highest BCUT2D eigenvalue weighted by Gasteiger charge is 2.04. The average Bonchev–Trinajstić information content (AvgIpc) is 2.22. The van der Waals surface area contributed by atoms with E-state index < -0.39 is 0 Å². The predicted molar refractivity (Wildman–Crippen MR) is 63.1 cm³/mol. The molecular weight excluding hydrogens is 273 g/mol. The van der Waals surface area contributed by atoms with Crippen molar-refractivity contribution in [1.29, 1.82) is 0 Å². The van der Waals surface area contributed by atoms with E-state index in [4.69, 9.17) is 4.74 Å². The lowest BCUT2D eigenvalue weighted by Crippen LogP contribution is -1.91. The SMILES string of the molecule is Cc1cc(Br)cnc1Oc1cccc(F)c1. The lowest BCUT2D eigenvalue weighted by Gasteiger charge is -2.07. The predicted octanol–water partition coefficient (Wildman–Crippen LogP) is 4.08. The van der Waals surface area contributed by atoms with Gasteiger partial charge in [0.25, 0.3) is 0 Å². The molecule has 1 aromatic carbocycles. The van der Waals surface area contributed by atoms with Crippen LogP contribution >= 0.6 is 15.9 Å². The van der Waals surface area contributed by atoms with Gasteiger partial charge >= 0.3 is 0 Å². The molecule has 1 aromatic heterocycles. The number of hydrogen-bond donors (Lipinski definition) is 0. The van der Waals surface area contributed by atoms with Gasteiger partial charge in [0.15, 0.2) is 0 Å². The number of hydrogen-bond acceptors (Lipinski definition) is 2. The van der Waals surface area contributed by atoms with Gasteiger partial charge in [-0.3, -0.25) is 0 Å². The van der Waals surface area contributed by atoms with Crippen molar-refractivity contribution < 1.29 is 9.13 Å². The number of benzene rings is 1. The van der Waals surface area contributed by atoms with E-state index in [1.54, 1.807) is 18.3 Å². The van der Waals surface area contributed by atoms with Gasteiger partial charge in [0.2, 0.25) is 5.88 Å². The van der Waals surface area contributed by atoms with Crippen molar-refractivity contribution >= 4 is 15.9 Å². The van der Waals surface area contributed by atoms with Crippen molar-refractivity contribution in [3.05, 3.63) is 52.4 Å². The van der Waals surface area contributed by atoms with Crippen LogP contribution in [0.3, 0.4) is 0 Å². The smallest absolute Gasteiger partial charge is 0.222 e. The maximum absolute atomic E-state index is 12.9. The molecule has 16 heavy (non-hydrogen) atoms. The summed E-state index contributed by atoms with van der Waals surface area (Å²) in [6.45, 7) is 1.88. The third-order valence-corrected chi connectivity index (χ3v) is 2.44. The summed E-state index contributed by atoms with van der Waals surface area (Å²) in [5, 5.41) is 0. The highest BCUT2D eigenvalue weighted by atomic mass is 79.9. The van der Waals surface area contributed by atoms with Gasteiger partial charge < -0.3 is 4.74 Å². The van der Waals surface area contributed by atoms with Gasteiger partial charge in [-0.05, 0) is 41.1 Å². The molecule has 82 valence electrons. The summed E-state index contributed by atoms with van der Waals surface area (Å²) >= 11 is 3.32. The topological polar surface area (TPSA) is 22.1 Å². The Morgan fingerprint density at radius 2 is 2.12 bits per heavy atom. The number of rotatable bonds is 2. The van der Waals surface area contributed by atoms with Gasteiger partial charge in [-0.2, -0.15) is 0 Å². The fourth-order valence-electron chi connectivity index (χ4n) is 1.28. The minimum Gasteiger partial charge on any atom is -0.439 e. The molecule has 2 nitrogen and oxygen atoms in total. The molecule has 2 aromatic rings. The van der Waals surface area contributed by atoms with E-state index in [9.17, 15) is 4.39 Å². The minimum atomic E-state index is -0.327. The molecular formula is C12H9BrFNO. The normalized spacial score (nSPS) is 10.2. The van der Waals surface area contributed by atoms with Crippen molar-refractivity contribution in [2.24, 2.45) is 0 Å². The van der Waals surface area contributed by atoms with E-state index in [-0.39, 0.29) is 5.82 Å². The van der Waals surface area contributed by atoms with Gasteiger partial charge in [0.1, 0.15) is 11.6 Å². The Bertz CT molecular complexity index is 516. The molecule has 0 saturated heterocycles. The van der Waals surface area contributed by atoms with Crippen molar-refractivity contribution in [2.75, 3.05) is 0 Å². The van der Waals surface area contributed by atoms with Crippen LogP contribution in [0.2, 0.25) is 0 Å². The number of ether oxygens (including phenoxy) is 1. The fourth-order valence-corrected chi connectivity index (χ4v) is 1.72. The van der Waals surface area contributed by atoms with Crippen LogP contribution in [0.1, 0.15) is 5.56 Å². The molecule has 0 radical (unpaired) electrons. The first kappa shape index (κ1) is 11.1. The summed E-state index contributed by atoms with van der Waals surface area (Å²) in [4.78, 5) is 4.11. The van der Waals surface area contributed by atoms with Crippen LogP contribution in [0.4, 0.5) is 4.39 Å². The summed E-state index contributed by atoms with van der Waals surface area (Å²) in [7, 11) is 0. The van der Waals surface area contributed by atoms with E-state index in [2.05, 4.69) is 20.9 Å². The lowest BCUT2D eigenvalue weighted by atomic mass is 10.3. The average molecular weight is 282 g/mol. The molecule has 2 rings (SSSR count). The Morgan fingerprint density at radius 3 is 2.81 bits per heavy atom. The maximum atomic E-state index is 12.9. The number of nitrogens with zero attached hydrogens (tertiary/aromatic N) is 1. The number of halogens is 2. The van der Waals surface area contributed by atoms with Crippen LogP contribution < -0.4 is 4.74 Å². The Morgan fingerprint density at radius 1 is 1.31 bits per heavy atom. The molecule has 0 aliphatic carbocycles. The second-order valence-electron chi connectivity index (χ2n) is 3.34. The standard InChI is InChI=1S/C12H9BrFNO/c1-8-5-9(13)7-15-12(8)16-11-4-2-3-10(14)6-11/h2-7H,1H3. The molecule has 0 spiro atoms. The zero-order valence-electron chi connectivity index (χ0n) is 8.58. The van der Waals surface area contributed by atoms with Crippen LogP contribution in [-0.4, -0.2) is 4.98 Å². The Kier molecular flexibility index (Phi) is 3.19. The van der Waals surface area contributed by atoms with Crippen LogP contribution in [-0.2, 0) is 0 Å². The Hall–Kier alpha value is -1.42. The molecule has 0 bridgehead atoms. The third kappa shape index (κ3) is 2.58. The molecule has 4 heteroatoms. The highest BCUT2D eigenvalue weighted by molar-refractivity contribution is 9.10. The van der Waals surface area contributed by atoms with Gasteiger partial charge in [0, 0.05) is 22.3 Å². The van der Waals surface area contributed by atoms with Crippen molar-refractivity contribution in [3.63, 3.8) is 0 Å². The van der Waals surface area contributed by atoms with Crippen molar-refractivity contribution in [3.8, 4) is 11.6 Å². The first-order valence-electron chi connectivity index (χ1n) is 4.71. The van der Waals surface area contributed by atoms with E-state index in [1.807, 2.05) is 13.0 Å². The van der Waals surface area contributed by atoms with Crippen LogP contribution in [0.25, 0.3) is 0 Å². The Balaban J connectivity index is 2.27. The molecule has 0 unspecified atom stereocenters. The molecule has 0 atom stereocenters. The molecule has 0 aliphatic heterocycles. The monoisotopic (exact) mass is 281 g/mol. The summed E-state index contributed by atoms with van der Waals surface area (Å²) in [6.07, 6.45) is 1.64. The molecule has 0 aliphatic rings. The van der Waals surface area contributed by atoms with Gasteiger partial charge in [-0.1, -0.05) is 6.07 Å². The molecule has 0 N–H and O–H groups in total. The van der Waals surface area contributed by atoms with E-state index in [1.165, 1.54) is 12.1 Å². The Labute approximate surface area is 101 Å². The van der Waals surface area contributed by atoms with Crippen molar-refractivity contribution in [1.82, 2.24) is 4.98 Å². The van der Waals surface area contributed by atoms with Gasteiger partial charge in [-0.25, -0.2) is 9.37 Å². The zero-order valence-corrected chi connectivity index (χ0v) is 10.2. The zero-order chi connectivity index (χ0) is 11.5. The minimum absolute atomic E-state index is 0.327. The quantitative estimate of drug-likeness (QED) is 0.827. The van der Waals surface area contributed by atoms with E-state index in [0.29, 0.717) is 11.6 Å². The van der Waals surface area contributed by atoms with Crippen LogP contribution in [0.15, 0.2) is 41.0 Å². The van der Waals surface area contributed by atoms with Crippen LogP contribution in [0.5, 0.6) is 11.6 Å².